The molecule has 0 aliphatic rings. The van der Waals surface area contributed by atoms with Gasteiger partial charge in [0.25, 0.3) is 11.7 Å². The fourth-order valence-electron chi connectivity index (χ4n) is 2.37. The third-order valence-corrected chi connectivity index (χ3v) is 5.03. The summed E-state index contributed by atoms with van der Waals surface area (Å²) in [6.07, 6.45) is 0.675. The number of amides is 1. The van der Waals surface area contributed by atoms with Crippen LogP contribution >= 0.6 is 23.1 Å². The molecule has 0 fully saturated rings. The molecule has 0 spiro atoms. The summed E-state index contributed by atoms with van der Waals surface area (Å²) in [5.74, 6) is -0.837. The summed E-state index contributed by atoms with van der Waals surface area (Å²) in [6, 6.07) is 4.76. The van der Waals surface area contributed by atoms with Gasteiger partial charge >= 0.3 is 0 Å². The number of nitrogens with zero attached hydrogens (tertiary/aromatic N) is 2. The first-order valence-electron chi connectivity index (χ1n) is 8.01. The average molecular weight is 392 g/mol. The lowest BCUT2D eigenvalue weighted by atomic mass is 9.92. The predicted octanol–water partition coefficient (Wildman–Crippen LogP) is 4.66. The molecule has 0 unspecified atom stereocenters. The Bertz CT molecular complexity index is 1000. The maximum Gasteiger partial charge on any atom is 0.297 e. The third-order valence-electron chi connectivity index (χ3n) is 3.60. The van der Waals surface area contributed by atoms with Gasteiger partial charge in [-0.2, -0.15) is 4.37 Å². The first kappa shape index (κ1) is 18.5. The zero-order valence-electron chi connectivity index (χ0n) is 14.8. The minimum atomic E-state index is -0.770. The van der Waals surface area contributed by atoms with Crippen LogP contribution in [0.2, 0.25) is 5.02 Å². The number of benzene rings is 1. The monoisotopic (exact) mass is 391 g/mol. The number of Topliss-reactive ketones (excluding diaryl/α,β-unsaturated/α-hetero) is 1. The number of ketones is 1. The van der Waals surface area contributed by atoms with Crippen LogP contribution in [0.15, 0.2) is 22.6 Å². The van der Waals surface area contributed by atoms with Crippen molar-refractivity contribution in [1.29, 1.82) is 0 Å². The highest BCUT2D eigenvalue weighted by Gasteiger charge is 2.21. The molecule has 0 aliphatic carbocycles. The highest BCUT2D eigenvalue weighted by atomic mass is 35.5. The van der Waals surface area contributed by atoms with Crippen molar-refractivity contribution in [3.8, 4) is 0 Å². The SMILES string of the molecule is Cc1nsc(NC(=O)C(=O)c2ccc3oc(CC(C)(C)C)nc3c2)c1Cl. The van der Waals surface area contributed by atoms with Crippen LogP contribution in [0.25, 0.3) is 11.1 Å². The van der Waals surface area contributed by atoms with Crippen molar-refractivity contribution in [3.63, 3.8) is 0 Å². The molecule has 26 heavy (non-hydrogen) atoms. The topological polar surface area (TPSA) is 85.1 Å². The Morgan fingerprint density at radius 2 is 2.04 bits per heavy atom. The summed E-state index contributed by atoms with van der Waals surface area (Å²) in [5, 5.41) is 3.21. The molecule has 0 radical (unpaired) electrons. The van der Waals surface area contributed by atoms with Gasteiger partial charge in [0.05, 0.1) is 10.7 Å². The molecule has 6 nitrogen and oxygen atoms in total. The molecule has 1 N–H and O–H groups in total. The number of aryl methyl sites for hydroxylation is 1. The van der Waals surface area contributed by atoms with E-state index in [1.54, 1.807) is 25.1 Å². The Morgan fingerprint density at radius 1 is 1.31 bits per heavy atom. The van der Waals surface area contributed by atoms with E-state index in [1.165, 1.54) is 0 Å². The highest BCUT2D eigenvalue weighted by Crippen LogP contribution is 2.29. The number of anilines is 1. The van der Waals surface area contributed by atoms with Gasteiger partial charge in [0.2, 0.25) is 0 Å². The summed E-state index contributed by atoms with van der Waals surface area (Å²) in [7, 11) is 0. The van der Waals surface area contributed by atoms with Gasteiger partial charge in [-0.25, -0.2) is 4.98 Å². The van der Waals surface area contributed by atoms with E-state index in [0.29, 0.717) is 39.1 Å². The summed E-state index contributed by atoms with van der Waals surface area (Å²) >= 11 is 7.07. The van der Waals surface area contributed by atoms with Crippen LogP contribution in [-0.4, -0.2) is 21.0 Å². The van der Waals surface area contributed by atoms with Crippen LogP contribution in [0.1, 0.15) is 42.7 Å². The van der Waals surface area contributed by atoms with E-state index < -0.39 is 11.7 Å². The van der Waals surface area contributed by atoms with Gasteiger partial charge in [-0.1, -0.05) is 32.4 Å². The number of halogens is 1. The molecule has 1 aromatic carbocycles. The number of carbonyl (C=O) groups excluding carboxylic acids is 2. The maximum absolute atomic E-state index is 12.4. The highest BCUT2D eigenvalue weighted by molar-refractivity contribution is 7.11. The van der Waals surface area contributed by atoms with Gasteiger partial charge in [0.1, 0.15) is 10.5 Å². The maximum atomic E-state index is 12.4. The Balaban J connectivity index is 1.81. The number of carbonyl (C=O) groups is 2. The molecule has 0 bridgehead atoms. The van der Waals surface area contributed by atoms with Crippen molar-refractivity contribution < 1.29 is 14.0 Å². The van der Waals surface area contributed by atoms with E-state index in [4.69, 9.17) is 16.0 Å². The van der Waals surface area contributed by atoms with E-state index in [9.17, 15) is 9.59 Å². The normalized spacial score (nSPS) is 11.7. The molecule has 3 aromatic rings. The van der Waals surface area contributed by atoms with Gasteiger partial charge in [-0.3, -0.25) is 9.59 Å². The Morgan fingerprint density at radius 3 is 2.65 bits per heavy atom. The Hall–Kier alpha value is -2.25. The summed E-state index contributed by atoms with van der Waals surface area (Å²) in [4.78, 5) is 29.1. The summed E-state index contributed by atoms with van der Waals surface area (Å²) in [5.41, 5.74) is 2.01. The Kier molecular flexibility index (Phi) is 4.86. The van der Waals surface area contributed by atoms with Gasteiger partial charge in [0.15, 0.2) is 11.5 Å². The summed E-state index contributed by atoms with van der Waals surface area (Å²) in [6.45, 7) is 8.00. The van der Waals surface area contributed by atoms with Crippen molar-refractivity contribution >= 4 is 50.9 Å². The number of oxazole rings is 1. The van der Waals surface area contributed by atoms with Crippen LogP contribution in [0.5, 0.6) is 0 Å². The molecule has 0 aliphatic heterocycles. The number of hydrogen-bond donors (Lipinski definition) is 1. The van der Waals surface area contributed by atoms with E-state index in [-0.39, 0.29) is 11.0 Å². The molecule has 2 aromatic heterocycles. The van der Waals surface area contributed by atoms with Crippen LogP contribution in [0, 0.1) is 12.3 Å². The molecule has 3 rings (SSSR count). The molecular weight excluding hydrogens is 374 g/mol. The molecule has 136 valence electrons. The number of rotatable bonds is 4. The number of aromatic nitrogens is 2. The van der Waals surface area contributed by atoms with Crippen LogP contribution < -0.4 is 5.32 Å². The Labute approximate surface area is 159 Å². The van der Waals surface area contributed by atoms with Crippen LogP contribution in [-0.2, 0) is 11.2 Å². The molecule has 1 amide bonds. The van der Waals surface area contributed by atoms with E-state index in [2.05, 4.69) is 35.4 Å². The lowest BCUT2D eigenvalue weighted by Crippen LogP contribution is -2.22. The van der Waals surface area contributed by atoms with E-state index in [0.717, 1.165) is 11.5 Å². The molecule has 0 saturated heterocycles. The first-order valence-corrected chi connectivity index (χ1v) is 9.16. The van der Waals surface area contributed by atoms with E-state index >= 15 is 0 Å². The van der Waals surface area contributed by atoms with E-state index in [1.807, 2.05) is 0 Å². The molecule has 8 heteroatoms. The first-order chi connectivity index (χ1) is 12.1. The van der Waals surface area contributed by atoms with Crippen molar-refractivity contribution in [2.45, 2.75) is 34.1 Å². The second-order valence-electron chi connectivity index (χ2n) is 7.22. The molecular formula is C18H18ClN3O3S. The van der Waals surface area contributed by atoms with Crippen molar-refractivity contribution in [3.05, 3.63) is 40.4 Å². The zero-order valence-corrected chi connectivity index (χ0v) is 16.4. The average Bonchev–Trinajstić information content (AvgIpc) is 3.08. The predicted molar refractivity (Wildman–Crippen MR) is 102 cm³/mol. The second kappa shape index (κ2) is 6.81. The quantitative estimate of drug-likeness (QED) is 0.516. The van der Waals surface area contributed by atoms with Gasteiger partial charge in [-0.05, 0) is 42.1 Å². The zero-order chi connectivity index (χ0) is 19.1. The van der Waals surface area contributed by atoms with Gasteiger partial charge < -0.3 is 9.73 Å². The smallest absolute Gasteiger partial charge is 0.297 e. The number of hydrogen-bond acceptors (Lipinski definition) is 6. The standard InChI is InChI=1S/C18H18ClN3O3S/c1-9-14(19)17(26-22-9)21-16(24)15(23)10-5-6-12-11(7-10)20-13(25-12)8-18(2,3)4/h5-7H,8H2,1-4H3,(H,21,24). The molecule has 0 saturated carbocycles. The minimum Gasteiger partial charge on any atom is -0.441 e. The number of fused-ring (bicyclic) bond motifs is 1. The molecule has 2 heterocycles. The van der Waals surface area contributed by atoms with Crippen LogP contribution in [0.4, 0.5) is 5.00 Å². The molecule has 0 atom stereocenters. The minimum absolute atomic E-state index is 0.0333. The van der Waals surface area contributed by atoms with Crippen molar-refractivity contribution in [2.24, 2.45) is 5.41 Å². The van der Waals surface area contributed by atoms with Gasteiger partial charge in [0, 0.05) is 12.0 Å². The summed E-state index contributed by atoms with van der Waals surface area (Å²) < 4.78 is 9.74. The van der Waals surface area contributed by atoms with Crippen molar-refractivity contribution in [2.75, 3.05) is 5.32 Å². The van der Waals surface area contributed by atoms with Crippen molar-refractivity contribution in [1.82, 2.24) is 9.36 Å². The fraction of sp³-hybridized carbons (Fsp3) is 0.333. The largest absolute Gasteiger partial charge is 0.441 e. The lowest BCUT2D eigenvalue weighted by Gasteiger charge is -2.14. The lowest BCUT2D eigenvalue weighted by molar-refractivity contribution is -0.112. The number of nitrogens with one attached hydrogen (secondary N) is 1. The van der Waals surface area contributed by atoms with Gasteiger partial charge in [-0.15, -0.1) is 0 Å². The van der Waals surface area contributed by atoms with Crippen LogP contribution in [0.3, 0.4) is 0 Å². The second-order valence-corrected chi connectivity index (χ2v) is 8.37. The fourth-order valence-corrected chi connectivity index (χ4v) is 3.30. The third kappa shape index (κ3) is 3.94.